The van der Waals surface area contributed by atoms with Crippen LogP contribution in [-0.4, -0.2) is 34.1 Å². The van der Waals surface area contributed by atoms with Crippen molar-refractivity contribution < 1.29 is 0 Å². The van der Waals surface area contributed by atoms with E-state index in [9.17, 15) is 0 Å². The molecule has 0 bridgehead atoms. The zero-order valence-corrected chi connectivity index (χ0v) is 13.6. The Morgan fingerprint density at radius 2 is 1.95 bits per heavy atom. The van der Waals surface area contributed by atoms with Crippen LogP contribution in [0.4, 0.5) is 0 Å². The average molecular weight is 297 g/mol. The zero-order chi connectivity index (χ0) is 14.9. The summed E-state index contributed by atoms with van der Waals surface area (Å²) in [4.78, 5) is 7.24. The van der Waals surface area contributed by atoms with Crippen LogP contribution in [0.3, 0.4) is 0 Å². The molecule has 2 fully saturated rings. The molecule has 1 saturated heterocycles. The van der Waals surface area contributed by atoms with Gasteiger partial charge in [0.2, 0.25) is 0 Å². The van der Waals surface area contributed by atoms with Crippen molar-refractivity contribution >= 4 is 11.0 Å². The van der Waals surface area contributed by atoms with Crippen LogP contribution in [-0.2, 0) is 0 Å². The maximum Gasteiger partial charge on any atom is 0.0961 e. The number of hydrogen-bond acceptors (Lipinski definition) is 2. The molecule has 3 atom stereocenters. The Hall–Kier alpha value is -1.35. The van der Waals surface area contributed by atoms with Crippen LogP contribution in [0, 0.1) is 11.8 Å². The van der Waals surface area contributed by atoms with Crippen LogP contribution in [0.15, 0.2) is 30.6 Å². The van der Waals surface area contributed by atoms with Gasteiger partial charge in [0.25, 0.3) is 0 Å². The van der Waals surface area contributed by atoms with Crippen molar-refractivity contribution in [2.75, 3.05) is 19.6 Å². The topological polar surface area (TPSA) is 21.1 Å². The first-order chi connectivity index (χ1) is 10.8. The Morgan fingerprint density at radius 3 is 2.86 bits per heavy atom. The fraction of sp³-hybridized carbons (Fsp3) is 0.632. The first-order valence-corrected chi connectivity index (χ1v) is 8.95. The van der Waals surface area contributed by atoms with Gasteiger partial charge in [0.05, 0.1) is 17.4 Å². The number of hydrogen-bond donors (Lipinski definition) is 0. The van der Waals surface area contributed by atoms with Gasteiger partial charge in [-0.1, -0.05) is 31.4 Å². The summed E-state index contributed by atoms with van der Waals surface area (Å²) in [5, 5.41) is 0. The Labute approximate surface area is 133 Å². The number of piperidine rings is 1. The normalized spacial score (nSPS) is 27.7. The van der Waals surface area contributed by atoms with Crippen LogP contribution in [0.2, 0.25) is 0 Å². The van der Waals surface area contributed by atoms with Crippen LogP contribution < -0.4 is 0 Å². The fourth-order valence-electron chi connectivity index (χ4n) is 4.63. The van der Waals surface area contributed by atoms with Gasteiger partial charge < -0.3 is 9.47 Å². The van der Waals surface area contributed by atoms with Crippen LogP contribution in [0.1, 0.15) is 45.1 Å². The first kappa shape index (κ1) is 14.3. The molecule has 3 nitrogen and oxygen atoms in total. The maximum atomic E-state index is 4.54. The molecule has 0 amide bonds. The average Bonchev–Trinajstić information content (AvgIpc) is 2.99. The van der Waals surface area contributed by atoms with E-state index in [-0.39, 0.29) is 0 Å². The molecule has 118 valence electrons. The molecule has 0 spiro atoms. The molecule has 0 radical (unpaired) electrons. The van der Waals surface area contributed by atoms with Gasteiger partial charge in [-0.15, -0.1) is 0 Å². The molecule has 1 aromatic carbocycles. The van der Waals surface area contributed by atoms with E-state index >= 15 is 0 Å². The van der Waals surface area contributed by atoms with Crippen molar-refractivity contribution in [1.82, 2.24) is 14.5 Å². The molecule has 0 N–H and O–H groups in total. The standard InChI is InChI=1S/C19H27N3/c1-15(22-14-20-18-8-4-5-9-19(18)22)12-21-11-10-16-6-2-3-7-17(16)13-21/h4-5,8-9,14-17H,2-3,6-7,10-13H2,1H3. The molecule has 1 aromatic heterocycles. The molecule has 3 unspecified atom stereocenters. The molecule has 2 aromatic rings. The Bertz CT molecular complexity index is 632. The van der Waals surface area contributed by atoms with Crippen LogP contribution >= 0.6 is 0 Å². The summed E-state index contributed by atoms with van der Waals surface area (Å²) in [6, 6.07) is 8.96. The molecule has 1 saturated carbocycles. The SMILES string of the molecule is CC(CN1CCC2CCCCC2C1)n1cnc2ccccc21. The highest BCUT2D eigenvalue weighted by molar-refractivity contribution is 5.75. The predicted octanol–water partition coefficient (Wildman–Crippen LogP) is 4.11. The van der Waals surface area contributed by atoms with E-state index in [2.05, 4.69) is 45.6 Å². The van der Waals surface area contributed by atoms with Gasteiger partial charge in [0.1, 0.15) is 0 Å². The van der Waals surface area contributed by atoms with Gasteiger partial charge in [-0.3, -0.25) is 0 Å². The van der Waals surface area contributed by atoms with Crippen LogP contribution in [0.25, 0.3) is 11.0 Å². The minimum Gasteiger partial charge on any atom is -0.326 e. The first-order valence-electron chi connectivity index (χ1n) is 8.95. The molecule has 4 rings (SSSR count). The van der Waals surface area contributed by atoms with Crippen molar-refractivity contribution in [3.05, 3.63) is 30.6 Å². The van der Waals surface area contributed by atoms with Crippen molar-refractivity contribution in [3.8, 4) is 0 Å². The number of benzene rings is 1. The highest BCUT2D eigenvalue weighted by Crippen LogP contribution is 2.36. The quantitative estimate of drug-likeness (QED) is 0.850. The zero-order valence-electron chi connectivity index (χ0n) is 13.6. The lowest BCUT2D eigenvalue weighted by atomic mass is 9.75. The smallest absolute Gasteiger partial charge is 0.0961 e. The van der Waals surface area contributed by atoms with E-state index in [4.69, 9.17) is 0 Å². The van der Waals surface area contributed by atoms with E-state index in [1.807, 2.05) is 6.33 Å². The third-order valence-electron chi connectivity index (χ3n) is 5.85. The summed E-state index contributed by atoms with van der Waals surface area (Å²) in [5.41, 5.74) is 2.38. The second kappa shape index (κ2) is 6.04. The van der Waals surface area contributed by atoms with Gasteiger partial charge in [-0.25, -0.2) is 4.98 Å². The molecule has 1 aliphatic carbocycles. The molecule has 1 aliphatic heterocycles. The molecule has 22 heavy (non-hydrogen) atoms. The minimum atomic E-state index is 0.493. The molecular weight excluding hydrogens is 270 g/mol. The molecule has 3 heteroatoms. The summed E-state index contributed by atoms with van der Waals surface area (Å²) in [6.07, 6.45) is 9.31. The molecule has 2 aliphatic rings. The summed E-state index contributed by atoms with van der Waals surface area (Å²) in [7, 11) is 0. The predicted molar refractivity (Wildman–Crippen MR) is 90.9 cm³/mol. The van der Waals surface area contributed by atoms with Crippen molar-refractivity contribution in [2.45, 2.75) is 45.1 Å². The third-order valence-corrected chi connectivity index (χ3v) is 5.85. The summed E-state index contributed by atoms with van der Waals surface area (Å²) < 4.78 is 2.35. The molecule has 2 heterocycles. The van der Waals surface area contributed by atoms with E-state index in [1.54, 1.807) is 0 Å². The van der Waals surface area contributed by atoms with E-state index in [0.29, 0.717) is 6.04 Å². The van der Waals surface area contributed by atoms with Gasteiger partial charge in [-0.2, -0.15) is 0 Å². The molecular formula is C19H27N3. The summed E-state index contributed by atoms with van der Waals surface area (Å²) >= 11 is 0. The van der Waals surface area contributed by atoms with Gasteiger partial charge in [0, 0.05) is 19.1 Å². The number of rotatable bonds is 3. The Kier molecular flexibility index (Phi) is 3.91. The van der Waals surface area contributed by atoms with Gasteiger partial charge >= 0.3 is 0 Å². The summed E-state index contributed by atoms with van der Waals surface area (Å²) in [5.74, 6) is 1.99. The van der Waals surface area contributed by atoms with Crippen molar-refractivity contribution in [3.63, 3.8) is 0 Å². The monoisotopic (exact) mass is 297 g/mol. The number of likely N-dealkylation sites (tertiary alicyclic amines) is 1. The summed E-state index contributed by atoms with van der Waals surface area (Å²) in [6.45, 7) is 6.10. The van der Waals surface area contributed by atoms with Crippen LogP contribution in [0.5, 0.6) is 0 Å². The lowest BCUT2D eigenvalue weighted by Crippen LogP contribution is -2.43. The largest absolute Gasteiger partial charge is 0.326 e. The van der Waals surface area contributed by atoms with E-state index < -0.39 is 0 Å². The van der Waals surface area contributed by atoms with E-state index in [1.165, 1.54) is 50.7 Å². The Balaban J connectivity index is 1.44. The lowest BCUT2D eigenvalue weighted by Gasteiger charge is -2.42. The number of fused-ring (bicyclic) bond motifs is 2. The van der Waals surface area contributed by atoms with Crippen molar-refractivity contribution in [1.29, 1.82) is 0 Å². The second-order valence-electron chi connectivity index (χ2n) is 7.34. The van der Waals surface area contributed by atoms with Gasteiger partial charge in [0.15, 0.2) is 0 Å². The maximum absolute atomic E-state index is 4.54. The highest BCUT2D eigenvalue weighted by Gasteiger charge is 2.31. The van der Waals surface area contributed by atoms with E-state index in [0.717, 1.165) is 23.9 Å². The number of aromatic nitrogens is 2. The number of para-hydroxylation sites is 2. The number of nitrogens with zero attached hydrogens (tertiary/aromatic N) is 3. The second-order valence-corrected chi connectivity index (χ2v) is 7.34. The minimum absolute atomic E-state index is 0.493. The Morgan fingerprint density at radius 1 is 1.14 bits per heavy atom. The highest BCUT2D eigenvalue weighted by atomic mass is 15.2. The van der Waals surface area contributed by atoms with Crippen molar-refractivity contribution in [2.24, 2.45) is 11.8 Å². The fourth-order valence-corrected chi connectivity index (χ4v) is 4.63. The van der Waals surface area contributed by atoms with Gasteiger partial charge in [-0.05, 0) is 50.3 Å². The number of imidazole rings is 1. The lowest BCUT2D eigenvalue weighted by molar-refractivity contribution is 0.0787. The third kappa shape index (κ3) is 2.67.